The molecule has 5 aromatic rings. The lowest BCUT2D eigenvalue weighted by Gasteiger charge is -2.19. The highest BCUT2D eigenvalue weighted by molar-refractivity contribution is 6.32. The van der Waals surface area contributed by atoms with E-state index in [2.05, 4.69) is 10.3 Å². The number of methoxy groups -OCH3 is 1. The maximum Gasteiger partial charge on any atom is 0.340 e. The SMILES string of the molecule is COc1ccc(NC(=O)[C@H](OC(=O)c2cc(-c3ccco3)nc3ccccc23)c2ccccc2)cc1Cl. The predicted octanol–water partition coefficient (Wildman–Crippen LogP) is 6.69. The van der Waals surface area contributed by atoms with Crippen LogP contribution in [0.5, 0.6) is 5.75 Å². The van der Waals surface area contributed by atoms with E-state index < -0.39 is 18.0 Å². The van der Waals surface area contributed by atoms with Gasteiger partial charge in [0.1, 0.15) is 11.4 Å². The second kappa shape index (κ2) is 10.6. The quantitative estimate of drug-likeness (QED) is 0.244. The number of pyridine rings is 1. The van der Waals surface area contributed by atoms with Gasteiger partial charge in [-0.3, -0.25) is 4.79 Å². The van der Waals surface area contributed by atoms with Crippen molar-refractivity contribution in [3.8, 4) is 17.2 Å². The summed E-state index contributed by atoms with van der Waals surface area (Å²) in [6.07, 6.45) is 0.305. The first-order valence-electron chi connectivity index (χ1n) is 11.4. The number of esters is 1. The Balaban J connectivity index is 1.49. The van der Waals surface area contributed by atoms with Crippen LogP contribution in [0.25, 0.3) is 22.4 Å². The van der Waals surface area contributed by atoms with E-state index in [1.807, 2.05) is 18.2 Å². The van der Waals surface area contributed by atoms with Gasteiger partial charge in [-0.1, -0.05) is 60.1 Å². The number of hydrogen-bond donors (Lipinski definition) is 1. The average Bonchev–Trinajstić information content (AvgIpc) is 3.47. The number of nitrogens with one attached hydrogen (secondary N) is 1. The van der Waals surface area contributed by atoms with Crippen LogP contribution in [0.3, 0.4) is 0 Å². The van der Waals surface area contributed by atoms with Crippen molar-refractivity contribution in [1.29, 1.82) is 0 Å². The fraction of sp³-hybridized carbons (Fsp3) is 0.0690. The summed E-state index contributed by atoms with van der Waals surface area (Å²) in [5.41, 5.74) is 2.28. The van der Waals surface area contributed by atoms with Crippen molar-refractivity contribution >= 4 is 40.1 Å². The molecule has 184 valence electrons. The number of hydrogen-bond acceptors (Lipinski definition) is 6. The van der Waals surface area contributed by atoms with E-state index in [0.717, 1.165) is 0 Å². The van der Waals surface area contributed by atoms with E-state index in [0.29, 0.717) is 44.4 Å². The van der Waals surface area contributed by atoms with Crippen LogP contribution in [0.1, 0.15) is 22.0 Å². The minimum Gasteiger partial charge on any atom is -0.495 e. The Morgan fingerprint density at radius 1 is 0.946 bits per heavy atom. The minimum absolute atomic E-state index is 0.262. The van der Waals surface area contributed by atoms with Crippen molar-refractivity contribution in [2.24, 2.45) is 0 Å². The molecular formula is C29H21ClN2O5. The maximum atomic E-state index is 13.6. The summed E-state index contributed by atoms with van der Waals surface area (Å²) in [6, 6.07) is 26.0. The number of anilines is 1. The van der Waals surface area contributed by atoms with Gasteiger partial charge in [0.25, 0.3) is 5.91 Å². The average molecular weight is 513 g/mol. The van der Waals surface area contributed by atoms with Crippen molar-refractivity contribution in [1.82, 2.24) is 4.98 Å². The van der Waals surface area contributed by atoms with Crippen molar-refractivity contribution in [3.05, 3.63) is 113 Å². The zero-order valence-corrected chi connectivity index (χ0v) is 20.4. The number of fused-ring (bicyclic) bond motifs is 1. The number of halogens is 1. The molecule has 2 heterocycles. The number of rotatable bonds is 7. The third-order valence-electron chi connectivity index (χ3n) is 5.69. The van der Waals surface area contributed by atoms with Crippen LogP contribution in [0.2, 0.25) is 5.02 Å². The van der Waals surface area contributed by atoms with Gasteiger partial charge in [0.15, 0.2) is 5.76 Å². The molecule has 37 heavy (non-hydrogen) atoms. The van der Waals surface area contributed by atoms with Gasteiger partial charge in [0.2, 0.25) is 6.10 Å². The third kappa shape index (κ3) is 5.17. The Kier molecular flexibility index (Phi) is 6.87. The molecule has 0 radical (unpaired) electrons. The molecule has 0 unspecified atom stereocenters. The Morgan fingerprint density at radius 3 is 2.46 bits per heavy atom. The first kappa shape index (κ1) is 24.1. The van der Waals surface area contributed by atoms with Crippen molar-refractivity contribution in [2.45, 2.75) is 6.10 Å². The Bertz CT molecular complexity index is 1570. The lowest BCUT2D eigenvalue weighted by Crippen LogP contribution is -2.26. The summed E-state index contributed by atoms with van der Waals surface area (Å²) >= 11 is 6.21. The number of carbonyl (C=O) groups is 2. The molecule has 5 rings (SSSR count). The molecule has 0 saturated carbocycles. The van der Waals surface area contributed by atoms with Crippen molar-refractivity contribution in [3.63, 3.8) is 0 Å². The van der Waals surface area contributed by atoms with E-state index in [9.17, 15) is 9.59 Å². The Hall–Kier alpha value is -4.62. The maximum absolute atomic E-state index is 13.6. The summed E-state index contributed by atoms with van der Waals surface area (Å²) in [4.78, 5) is 31.5. The van der Waals surface area contributed by atoms with E-state index in [-0.39, 0.29) is 5.56 Å². The topological polar surface area (TPSA) is 90.7 Å². The molecule has 1 N–H and O–H groups in total. The number of ether oxygens (including phenoxy) is 2. The highest BCUT2D eigenvalue weighted by atomic mass is 35.5. The molecule has 2 aromatic heterocycles. The van der Waals surface area contributed by atoms with Crippen LogP contribution < -0.4 is 10.1 Å². The van der Waals surface area contributed by atoms with Gasteiger partial charge in [0, 0.05) is 16.6 Å². The zero-order chi connectivity index (χ0) is 25.8. The van der Waals surface area contributed by atoms with E-state index >= 15 is 0 Å². The third-order valence-corrected chi connectivity index (χ3v) is 5.99. The summed E-state index contributed by atoms with van der Waals surface area (Å²) < 4.78 is 16.5. The largest absolute Gasteiger partial charge is 0.495 e. The summed E-state index contributed by atoms with van der Waals surface area (Å²) in [5.74, 6) is -0.232. The number of amides is 1. The second-order valence-electron chi connectivity index (χ2n) is 8.08. The van der Waals surface area contributed by atoms with Gasteiger partial charge < -0.3 is 19.2 Å². The molecule has 0 saturated heterocycles. The number of aromatic nitrogens is 1. The van der Waals surface area contributed by atoms with Crippen molar-refractivity contribution < 1.29 is 23.5 Å². The summed E-state index contributed by atoms with van der Waals surface area (Å²) in [7, 11) is 1.50. The Labute approximate surface area is 217 Å². The smallest absolute Gasteiger partial charge is 0.340 e. The molecule has 0 aliphatic carbocycles. The minimum atomic E-state index is -1.23. The molecule has 0 bridgehead atoms. The molecule has 0 aliphatic rings. The van der Waals surface area contributed by atoms with Crippen LogP contribution in [0, 0.1) is 0 Å². The first-order chi connectivity index (χ1) is 18.0. The highest BCUT2D eigenvalue weighted by Crippen LogP contribution is 2.30. The molecule has 0 aliphatic heterocycles. The fourth-order valence-electron chi connectivity index (χ4n) is 3.92. The molecule has 7 nitrogen and oxygen atoms in total. The first-order valence-corrected chi connectivity index (χ1v) is 11.8. The summed E-state index contributed by atoms with van der Waals surface area (Å²) in [6.45, 7) is 0. The van der Waals surface area contributed by atoms with Crippen LogP contribution in [-0.2, 0) is 9.53 Å². The number of carbonyl (C=O) groups excluding carboxylic acids is 2. The van der Waals surface area contributed by atoms with Gasteiger partial charge in [-0.05, 0) is 42.5 Å². The lowest BCUT2D eigenvalue weighted by molar-refractivity contribution is -0.125. The van der Waals surface area contributed by atoms with Crippen LogP contribution >= 0.6 is 11.6 Å². The monoisotopic (exact) mass is 512 g/mol. The molecule has 8 heteroatoms. The van der Waals surface area contributed by atoms with E-state index in [1.165, 1.54) is 13.4 Å². The van der Waals surface area contributed by atoms with Gasteiger partial charge in [0.05, 0.1) is 29.5 Å². The van der Waals surface area contributed by atoms with Crippen LogP contribution in [0.4, 0.5) is 5.69 Å². The van der Waals surface area contributed by atoms with Gasteiger partial charge in [-0.25, -0.2) is 9.78 Å². The molecule has 3 aromatic carbocycles. The molecule has 1 atom stereocenters. The fourth-order valence-corrected chi connectivity index (χ4v) is 4.18. The molecule has 0 fully saturated rings. The van der Waals surface area contributed by atoms with Crippen molar-refractivity contribution in [2.75, 3.05) is 12.4 Å². The van der Waals surface area contributed by atoms with Crippen LogP contribution in [0.15, 0.2) is 102 Å². The summed E-state index contributed by atoms with van der Waals surface area (Å²) in [5, 5.41) is 3.71. The number of nitrogens with zero attached hydrogens (tertiary/aromatic N) is 1. The Morgan fingerprint density at radius 2 is 1.73 bits per heavy atom. The number of para-hydroxylation sites is 1. The zero-order valence-electron chi connectivity index (χ0n) is 19.7. The lowest BCUT2D eigenvalue weighted by atomic mass is 10.1. The van der Waals surface area contributed by atoms with Gasteiger partial charge >= 0.3 is 5.97 Å². The van der Waals surface area contributed by atoms with E-state index in [4.69, 9.17) is 25.5 Å². The normalized spacial score (nSPS) is 11.6. The molecule has 0 spiro atoms. The number of benzene rings is 3. The van der Waals surface area contributed by atoms with Crippen LogP contribution in [-0.4, -0.2) is 24.0 Å². The van der Waals surface area contributed by atoms with E-state index in [1.54, 1.807) is 72.8 Å². The molecule has 1 amide bonds. The number of furan rings is 1. The highest BCUT2D eigenvalue weighted by Gasteiger charge is 2.27. The predicted molar refractivity (Wildman–Crippen MR) is 141 cm³/mol. The van der Waals surface area contributed by atoms with Gasteiger partial charge in [-0.2, -0.15) is 0 Å². The molecular weight excluding hydrogens is 492 g/mol. The second-order valence-corrected chi connectivity index (χ2v) is 8.49. The standard InChI is InChI=1S/C29H21ClN2O5/c1-35-25-14-13-19(16-22(25)30)31-28(33)27(18-8-3-2-4-9-18)37-29(34)21-17-24(26-12-7-15-36-26)32-23-11-6-5-10-20(21)23/h2-17,27H,1H3,(H,31,33)/t27-/m1/s1. The van der Waals surface area contributed by atoms with Gasteiger partial charge in [-0.15, -0.1) is 0 Å².